The maximum absolute atomic E-state index is 13.0. The molecule has 1 aliphatic heterocycles. The topological polar surface area (TPSA) is 114 Å². The van der Waals surface area contributed by atoms with Crippen LogP contribution in [-0.4, -0.2) is 57.8 Å². The average molecular weight is 468 g/mol. The van der Waals surface area contributed by atoms with Crippen LogP contribution in [0, 0.1) is 0 Å². The van der Waals surface area contributed by atoms with Crippen LogP contribution in [0.2, 0.25) is 0 Å². The molecule has 4 rings (SSSR count). The first-order valence-electron chi connectivity index (χ1n) is 10.5. The fourth-order valence-electron chi connectivity index (χ4n) is 3.44. The number of nitrogens with zero attached hydrogens (tertiary/aromatic N) is 3. The number of amides is 2. The van der Waals surface area contributed by atoms with E-state index in [4.69, 9.17) is 9.72 Å². The maximum Gasteiger partial charge on any atom is 0.318 e. The van der Waals surface area contributed by atoms with E-state index in [9.17, 15) is 13.2 Å². The van der Waals surface area contributed by atoms with Crippen molar-refractivity contribution in [1.82, 2.24) is 15.3 Å². The fraction of sp³-hybridized carbons (Fsp3) is 0.261. The van der Waals surface area contributed by atoms with Crippen LogP contribution >= 0.6 is 0 Å². The highest BCUT2D eigenvalue weighted by Crippen LogP contribution is 2.25. The third-order valence-electron chi connectivity index (χ3n) is 5.17. The van der Waals surface area contributed by atoms with E-state index < -0.39 is 9.84 Å². The van der Waals surface area contributed by atoms with Crippen molar-refractivity contribution in [2.24, 2.45) is 0 Å². The van der Waals surface area contributed by atoms with Crippen molar-refractivity contribution in [3.05, 3.63) is 66.4 Å². The highest BCUT2D eigenvalue weighted by atomic mass is 32.2. The molecule has 1 fully saturated rings. The van der Waals surface area contributed by atoms with E-state index in [1.807, 2.05) is 0 Å². The molecule has 0 spiro atoms. The van der Waals surface area contributed by atoms with Gasteiger partial charge in [0.2, 0.25) is 0 Å². The van der Waals surface area contributed by atoms with Gasteiger partial charge < -0.3 is 20.3 Å². The summed E-state index contributed by atoms with van der Waals surface area (Å²) in [5, 5.41) is 5.20. The Bertz CT molecular complexity index is 1210. The molecule has 10 heteroatoms. The van der Waals surface area contributed by atoms with Gasteiger partial charge in [-0.25, -0.2) is 23.2 Å². The number of ether oxygens (including phenoxy) is 1. The standard InChI is InChI=1S/C23H25N5O4S/c1-24-23(29)26-18-9-7-17(8-10-18)22-25-19(15-21(27-22)28-11-13-32-14-12-28)16-33(30,31)20-5-3-2-4-6-20/h2-10,15H,11-14,16H2,1H3,(H2,24,26,29). The molecule has 0 aliphatic carbocycles. The number of carbonyl (C=O) groups is 1. The number of nitrogens with one attached hydrogen (secondary N) is 2. The Hall–Kier alpha value is -3.50. The molecule has 9 nitrogen and oxygen atoms in total. The lowest BCUT2D eigenvalue weighted by Crippen LogP contribution is -2.37. The number of hydrogen-bond acceptors (Lipinski definition) is 7. The largest absolute Gasteiger partial charge is 0.378 e. The summed E-state index contributed by atoms with van der Waals surface area (Å²) >= 11 is 0. The van der Waals surface area contributed by atoms with Gasteiger partial charge in [-0.05, 0) is 36.4 Å². The van der Waals surface area contributed by atoms with Crippen LogP contribution in [0.15, 0.2) is 65.6 Å². The van der Waals surface area contributed by atoms with E-state index in [2.05, 4.69) is 20.5 Å². The zero-order valence-electron chi connectivity index (χ0n) is 18.2. The second-order valence-corrected chi connectivity index (χ2v) is 9.48. The Balaban J connectivity index is 1.68. The molecule has 172 valence electrons. The van der Waals surface area contributed by atoms with Gasteiger partial charge in [-0.15, -0.1) is 0 Å². The Morgan fingerprint density at radius 3 is 2.39 bits per heavy atom. The van der Waals surface area contributed by atoms with E-state index in [1.165, 1.54) is 0 Å². The van der Waals surface area contributed by atoms with Crippen molar-refractivity contribution in [2.45, 2.75) is 10.6 Å². The van der Waals surface area contributed by atoms with Crippen LogP contribution in [0.25, 0.3) is 11.4 Å². The molecular weight excluding hydrogens is 442 g/mol. The van der Waals surface area contributed by atoms with Gasteiger partial charge in [0.15, 0.2) is 15.7 Å². The summed E-state index contributed by atoms with van der Waals surface area (Å²) in [4.78, 5) is 23.1. The van der Waals surface area contributed by atoms with Gasteiger partial charge >= 0.3 is 6.03 Å². The zero-order valence-corrected chi connectivity index (χ0v) is 19.0. The summed E-state index contributed by atoms with van der Waals surface area (Å²) in [6.45, 7) is 2.49. The number of anilines is 2. The summed E-state index contributed by atoms with van der Waals surface area (Å²) in [5.41, 5.74) is 1.75. The molecule has 0 saturated carbocycles. The van der Waals surface area contributed by atoms with Crippen molar-refractivity contribution in [1.29, 1.82) is 0 Å². The highest BCUT2D eigenvalue weighted by Gasteiger charge is 2.20. The molecule has 2 amide bonds. The summed E-state index contributed by atoms with van der Waals surface area (Å²) in [5.74, 6) is 0.845. The fourth-order valence-corrected chi connectivity index (χ4v) is 4.72. The maximum atomic E-state index is 13.0. The number of urea groups is 1. The Labute approximate surface area is 192 Å². The van der Waals surface area contributed by atoms with Gasteiger partial charge in [-0.1, -0.05) is 18.2 Å². The molecule has 1 aliphatic rings. The molecule has 33 heavy (non-hydrogen) atoms. The lowest BCUT2D eigenvalue weighted by molar-refractivity contribution is 0.122. The van der Waals surface area contributed by atoms with Gasteiger partial charge in [0.1, 0.15) is 5.82 Å². The van der Waals surface area contributed by atoms with Crippen LogP contribution in [0.4, 0.5) is 16.3 Å². The summed E-state index contributed by atoms with van der Waals surface area (Å²) in [6.07, 6.45) is 0. The minimum Gasteiger partial charge on any atom is -0.378 e. The second kappa shape index (κ2) is 9.97. The molecular formula is C23H25N5O4S. The molecule has 0 unspecified atom stereocenters. The third kappa shape index (κ3) is 5.65. The minimum absolute atomic E-state index is 0.236. The molecule has 1 aromatic heterocycles. The molecule has 0 atom stereocenters. The van der Waals surface area contributed by atoms with Crippen LogP contribution < -0.4 is 15.5 Å². The molecule has 1 saturated heterocycles. The first-order chi connectivity index (χ1) is 15.9. The van der Waals surface area contributed by atoms with Gasteiger partial charge in [-0.3, -0.25) is 0 Å². The van der Waals surface area contributed by atoms with Gasteiger partial charge in [0.05, 0.1) is 29.6 Å². The van der Waals surface area contributed by atoms with Crippen molar-refractivity contribution < 1.29 is 17.9 Å². The molecule has 0 bridgehead atoms. The highest BCUT2D eigenvalue weighted by molar-refractivity contribution is 7.90. The Morgan fingerprint density at radius 2 is 1.73 bits per heavy atom. The monoisotopic (exact) mass is 467 g/mol. The quantitative estimate of drug-likeness (QED) is 0.573. The van der Waals surface area contributed by atoms with E-state index >= 15 is 0 Å². The number of benzene rings is 2. The van der Waals surface area contributed by atoms with E-state index in [0.717, 1.165) is 0 Å². The molecule has 2 heterocycles. The number of hydrogen-bond donors (Lipinski definition) is 2. The van der Waals surface area contributed by atoms with Crippen molar-refractivity contribution in [3.8, 4) is 11.4 Å². The SMILES string of the molecule is CNC(=O)Nc1ccc(-c2nc(CS(=O)(=O)c3ccccc3)cc(N3CCOCC3)n2)cc1. The zero-order chi connectivity index (χ0) is 23.3. The predicted octanol–water partition coefficient (Wildman–Crippen LogP) is 2.71. The van der Waals surface area contributed by atoms with Crippen LogP contribution in [0.3, 0.4) is 0 Å². The number of aromatic nitrogens is 2. The molecule has 3 aromatic rings. The summed E-state index contributed by atoms with van der Waals surface area (Å²) in [6, 6.07) is 16.8. The van der Waals surface area contributed by atoms with E-state index in [1.54, 1.807) is 67.7 Å². The summed E-state index contributed by atoms with van der Waals surface area (Å²) < 4.78 is 31.4. The van der Waals surface area contributed by atoms with Gasteiger partial charge in [0.25, 0.3) is 0 Å². The van der Waals surface area contributed by atoms with Gasteiger partial charge in [-0.2, -0.15) is 0 Å². The number of morpholine rings is 1. The van der Waals surface area contributed by atoms with Crippen molar-refractivity contribution >= 4 is 27.4 Å². The Kier molecular flexibility index (Phi) is 6.85. The molecule has 2 N–H and O–H groups in total. The first kappa shape index (κ1) is 22.7. The van der Waals surface area contributed by atoms with E-state index in [0.29, 0.717) is 54.9 Å². The average Bonchev–Trinajstić information content (AvgIpc) is 2.85. The number of carbonyl (C=O) groups excluding carboxylic acids is 1. The van der Waals surface area contributed by atoms with Crippen LogP contribution in [0.5, 0.6) is 0 Å². The second-order valence-electron chi connectivity index (χ2n) is 7.49. The normalized spacial score (nSPS) is 14.0. The van der Waals surface area contributed by atoms with Crippen LogP contribution in [-0.2, 0) is 20.3 Å². The minimum atomic E-state index is -3.57. The predicted molar refractivity (Wildman–Crippen MR) is 126 cm³/mol. The third-order valence-corrected chi connectivity index (χ3v) is 6.84. The molecule has 0 radical (unpaired) electrons. The van der Waals surface area contributed by atoms with Crippen molar-refractivity contribution in [2.75, 3.05) is 43.6 Å². The van der Waals surface area contributed by atoms with E-state index in [-0.39, 0.29) is 16.7 Å². The van der Waals surface area contributed by atoms with Crippen LogP contribution in [0.1, 0.15) is 5.69 Å². The first-order valence-corrected chi connectivity index (χ1v) is 12.2. The smallest absolute Gasteiger partial charge is 0.318 e. The number of sulfone groups is 1. The summed E-state index contributed by atoms with van der Waals surface area (Å²) in [7, 11) is -2.03. The van der Waals surface area contributed by atoms with Crippen molar-refractivity contribution in [3.63, 3.8) is 0 Å². The molecule has 2 aromatic carbocycles. The lowest BCUT2D eigenvalue weighted by atomic mass is 10.2. The van der Waals surface area contributed by atoms with Gasteiger partial charge in [0, 0.05) is 37.5 Å². The Morgan fingerprint density at radius 1 is 1.03 bits per heavy atom. The number of rotatable bonds is 6. The lowest BCUT2D eigenvalue weighted by Gasteiger charge is -2.28.